The second-order valence-electron chi connectivity index (χ2n) is 6.94. The molecule has 1 aromatic heterocycles. The van der Waals surface area contributed by atoms with Crippen LogP contribution in [0.25, 0.3) is 0 Å². The Bertz CT molecular complexity index is 925. The molecule has 1 atom stereocenters. The normalized spacial score (nSPS) is 23.3. The fourth-order valence-electron chi connectivity index (χ4n) is 3.38. The molecule has 1 unspecified atom stereocenters. The van der Waals surface area contributed by atoms with Gasteiger partial charge in [0.2, 0.25) is 15.9 Å². The van der Waals surface area contributed by atoms with Crippen molar-refractivity contribution in [2.45, 2.75) is 37.3 Å². The fourth-order valence-corrected chi connectivity index (χ4v) is 5.41. The third-order valence-corrected chi connectivity index (χ3v) is 7.12. The SMILES string of the molecule is N#CCCC1(CS(=O)(=O)N2CCC(Oc3ccc(Cl)cn3)CC2)NC(=O)NC1=O. The third kappa shape index (κ3) is 4.95. The molecule has 12 heteroatoms. The molecule has 156 valence electrons. The summed E-state index contributed by atoms with van der Waals surface area (Å²) < 4.78 is 32.9. The van der Waals surface area contributed by atoms with E-state index < -0.39 is 33.3 Å². The standard InChI is InChI=1S/C17H20ClN5O5S/c18-12-2-3-14(20-10-12)28-13-4-8-23(9-5-13)29(26,27)11-17(6-1-7-19)15(24)21-16(25)22-17/h2-3,10,13H,1,4-6,8-9,11H2,(H2,21,22,24,25). The number of imide groups is 1. The van der Waals surface area contributed by atoms with E-state index in [-0.39, 0.29) is 32.0 Å². The monoisotopic (exact) mass is 441 g/mol. The Kier molecular flexibility index (Phi) is 6.26. The fraction of sp³-hybridized carbons (Fsp3) is 0.529. The van der Waals surface area contributed by atoms with E-state index in [1.807, 2.05) is 6.07 Å². The molecule has 0 radical (unpaired) electrons. The van der Waals surface area contributed by atoms with Gasteiger partial charge in [0.25, 0.3) is 5.91 Å². The number of carbonyl (C=O) groups is 2. The molecule has 3 amide bonds. The summed E-state index contributed by atoms with van der Waals surface area (Å²) in [5.74, 6) is -0.909. The van der Waals surface area contributed by atoms with Crippen molar-refractivity contribution in [2.24, 2.45) is 0 Å². The quantitative estimate of drug-likeness (QED) is 0.595. The van der Waals surface area contributed by atoms with Gasteiger partial charge < -0.3 is 10.1 Å². The number of piperidine rings is 1. The second kappa shape index (κ2) is 8.52. The van der Waals surface area contributed by atoms with Crippen LogP contribution in [0.5, 0.6) is 5.88 Å². The van der Waals surface area contributed by atoms with Crippen LogP contribution in [0.3, 0.4) is 0 Å². The molecule has 0 saturated carbocycles. The molecule has 0 spiro atoms. The van der Waals surface area contributed by atoms with E-state index in [1.54, 1.807) is 12.1 Å². The molecule has 3 rings (SSSR count). The summed E-state index contributed by atoms with van der Waals surface area (Å²) in [6, 6.07) is 4.43. The summed E-state index contributed by atoms with van der Waals surface area (Å²) in [7, 11) is -3.85. The van der Waals surface area contributed by atoms with Gasteiger partial charge in [-0.2, -0.15) is 5.26 Å². The number of carbonyl (C=O) groups excluding carboxylic acids is 2. The summed E-state index contributed by atoms with van der Waals surface area (Å²) in [6.07, 6.45) is 2.03. The minimum atomic E-state index is -3.85. The molecule has 1 aromatic rings. The van der Waals surface area contributed by atoms with E-state index in [9.17, 15) is 18.0 Å². The highest BCUT2D eigenvalue weighted by Gasteiger charge is 2.50. The summed E-state index contributed by atoms with van der Waals surface area (Å²) >= 11 is 5.79. The number of sulfonamides is 1. The van der Waals surface area contributed by atoms with Crippen molar-refractivity contribution >= 4 is 33.6 Å². The smallest absolute Gasteiger partial charge is 0.322 e. The number of hydrogen-bond acceptors (Lipinski definition) is 7. The Balaban J connectivity index is 1.63. The zero-order valence-corrected chi connectivity index (χ0v) is 17.0. The minimum Gasteiger partial charge on any atom is -0.474 e. The summed E-state index contributed by atoms with van der Waals surface area (Å²) in [5.41, 5.74) is -1.63. The Morgan fingerprint density at radius 2 is 2.07 bits per heavy atom. The van der Waals surface area contributed by atoms with Crippen LogP contribution in [0.4, 0.5) is 4.79 Å². The van der Waals surface area contributed by atoms with E-state index in [0.29, 0.717) is 23.7 Å². The minimum absolute atomic E-state index is 0.0623. The molecule has 10 nitrogen and oxygen atoms in total. The van der Waals surface area contributed by atoms with Crippen LogP contribution >= 0.6 is 11.6 Å². The predicted octanol–water partition coefficient (Wildman–Crippen LogP) is 0.790. The van der Waals surface area contributed by atoms with E-state index >= 15 is 0 Å². The number of nitrogens with one attached hydrogen (secondary N) is 2. The van der Waals surface area contributed by atoms with Gasteiger partial charge in [0.1, 0.15) is 11.6 Å². The maximum atomic E-state index is 12.9. The van der Waals surface area contributed by atoms with Crippen LogP contribution in [0.15, 0.2) is 18.3 Å². The van der Waals surface area contributed by atoms with E-state index in [2.05, 4.69) is 15.6 Å². The van der Waals surface area contributed by atoms with E-state index in [1.165, 1.54) is 10.5 Å². The van der Waals surface area contributed by atoms with Crippen LogP contribution in [0.2, 0.25) is 5.02 Å². The number of nitrogens with zero attached hydrogens (tertiary/aromatic N) is 3. The predicted molar refractivity (Wildman–Crippen MR) is 103 cm³/mol. The molecule has 3 heterocycles. The van der Waals surface area contributed by atoms with Gasteiger partial charge in [-0.05, 0) is 25.3 Å². The number of pyridine rings is 1. The van der Waals surface area contributed by atoms with Gasteiger partial charge in [-0.3, -0.25) is 10.1 Å². The van der Waals surface area contributed by atoms with Crippen molar-refractivity contribution in [3.05, 3.63) is 23.4 Å². The van der Waals surface area contributed by atoms with Crippen LogP contribution in [-0.4, -0.2) is 60.1 Å². The Hall–Kier alpha value is -2.42. The van der Waals surface area contributed by atoms with Crippen LogP contribution < -0.4 is 15.4 Å². The number of aromatic nitrogens is 1. The first-order valence-electron chi connectivity index (χ1n) is 9.01. The summed E-state index contributed by atoms with van der Waals surface area (Å²) in [5, 5.41) is 13.8. The topological polar surface area (TPSA) is 141 Å². The summed E-state index contributed by atoms with van der Waals surface area (Å²) in [4.78, 5) is 27.9. The van der Waals surface area contributed by atoms with Crippen molar-refractivity contribution in [1.82, 2.24) is 19.9 Å². The Labute approximate surface area is 173 Å². The average Bonchev–Trinajstić information content (AvgIpc) is 2.95. The number of ether oxygens (including phenoxy) is 1. The van der Waals surface area contributed by atoms with Crippen molar-refractivity contribution in [2.75, 3.05) is 18.8 Å². The second-order valence-corrected chi connectivity index (χ2v) is 9.34. The first-order chi connectivity index (χ1) is 13.7. The zero-order valence-electron chi connectivity index (χ0n) is 15.4. The van der Waals surface area contributed by atoms with Crippen LogP contribution in [0.1, 0.15) is 25.7 Å². The van der Waals surface area contributed by atoms with Crippen LogP contribution in [0, 0.1) is 11.3 Å². The van der Waals surface area contributed by atoms with Gasteiger partial charge in [0.15, 0.2) is 0 Å². The molecular formula is C17H20ClN5O5S. The first-order valence-corrected chi connectivity index (χ1v) is 11.0. The van der Waals surface area contributed by atoms with Crippen LogP contribution in [-0.2, 0) is 14.8 Å². The molecule has 2 N–H and O–H groups in total. The molecule has 0 aromatic carbocycles. The molecule has 0 bridgehead atoms. The first kappa shape index (κ1) is 21.3. The van der Waals surface area contributed by atoms with Crippen molar-refractivity contribution in [3.8, 4) is 11.9 Å². The Morgan fingerprint density at radius 3 is 2.62 bits per heavy atom. The lowest BCUT2D eigenvalue weighted by molar-refractivity contribution is -0.123. The van der Waals surface area contributed by atoms with Crippen molar-refractivity contribution < 1.29 is 22.7 Å². The number of amides is 3. The maximum Gasteiger partial charge on any atom is 0.322 e. The molecule has 2 aliphatic rings. The van der Waals surface area contributed by atoms with Gasteiger partial charge in [-0.15, -0.1) is 0 Å². The number of nitriles is 1. The lowest BCUT2D eigenvalue weighted by Crippen LogP contribution is -2.55. The van der Waals surface area contributed by atoms with E-state index in [4.69, 9.17) is 21.6 Å². The zero-order chi connectivity index (χ0) is 21.1. The third-order valence-electron chi connectivity index (χ3n) is 4.89. The number of halogens is 1. The molecular weight excluding hydrogens is 422 g/mol. The maximum absolute atomic E-state index is 12.9. The lowest BCUT2D eigenvalue weighted by atomic mass is 9.96. The van der Waals surface area contributed by atoms with E-state index in [0.717, 1.165) is 0 Å². The average molecular weight is 442 g/mol. The van der Waals surface area contributed by atoms with Crippen molar-refractivity contribution in [3.63, 3.8) is 0 Å². The molecule has 0 aliphatic carbocycles. The van der Waals surface area contributed by atoms with Gasteiger partial charge in [-0.25, -0.2) is 22.5 Å². The lowest BCUT2D eigenvalue weighted by Gasteiger charge is -2.33. The summed E-state index contributed by atoms with van der Waals surface area (Å²) in [6.45, 7) is 0.426. The number of urea groups is 1. The number of hydrogen-bond donors (Lipinski definition) is 2. The van der Waals surface area contributed by atoms with Gasteiger partial charge in [0.05, 0.1) is 16.8 Å². The van der Waals surface area contributed by atoms with Crippen molar-refractivity contribution in [1.29, 1.82) is 5.26 Å². The highest BCUT2D eigenvalue weighted by atomic mass is 35.5. The molecule has 2 fully saturated rings. The number of rotatable bonds is 7. The molecule has 2 aliphatic heterocycles. The molecule has 29 heavy (non-hydrogen) atoms. The Morgan fingerprint density at radius 1 is 1.34 bits per heavy atom. The largest absolute Gasteiger partial charge is 0.474 e. The van der Waals surface area contributed by atoms with Gasteiger partial charge >= 0.3 is 6.03 Å². The highest BCUT2D eigenvalue weighted by Crippen LogP contribution is 2.25. The molecule has 2 saturated heterocycles. The van der Waals surface area contributed by atoms with Gasteiger partial charge in [0, 0.05) is 31.8 Å². The highest BCUT2D eigenvalue weighted by molar-refractivity contribution is 7.89. The van der Waals surface area contributed by atoms with Gasteiger partial charge in [-0.1, -0.05) is 11.6 Å².